The Hall–Kier alpha value is -2.32. The van der Waals surface area contributed by atoms with Crippen molar-refractivity contribution in [3.63, 3.8) is 0 Å². The van der Waals surface area contributed by atoms with E-state index >= 15 is 0 Å². The zero-order valence-corrected chi connectivity index (χ0v) is 14.5. The Kier molecular flexibility index (Phi) is 4.86. The molecule has 8 heteroatoms. The summed E-state index contributed by atoms with van der Waals surface area (Å²) in [4.78, 5) is 13.3. The molecule has 24 heavy (non-hydrogen) atoms. The van der Waals surface area contributed by atoms with E-state index < -0.39 is 0 Å². The minimum absolute atomic E-state index is 0.0439. The van der Waals surface area contributed by atoms with Gasteiger partial charge in [-0.3, -0.25) is 14.5 Å². The van der Waals surface area contributed by atoms with Gasteiger partial charge in [-0.15, -0.1) is 11.3 Å². The highest BCUT2D eigenvalue weighted by Crippen LogP contribution is 2.22. The molecule has 2 heterocycles. The number of benzene rings is 1. The lowest BCUT2D eigenvalue weighted by Crippen LogP contribution is -2.30. The maximum absolute atomic E-state index is 13.3. The monoisotopic (exact) mass is 362 g/mol. The number of thiophene rings is 1. The van der Waals surface area contributed by atoms with E-state index in [0.29, 0.717) is 16.2 Å². The van der Waals surface area contributed by atoms with Gasteiger partial charge in [0, 0.05) is 0 Å². The number of rotatable bonds is 5. The van der Waals surface area contributed by atoms with Gasteiger partial charge >= 0.3 is 0 Å². The van der Waals surface area contributed by atoms with Gasteiger partial charge in [-0.25, -0.2) is 4.39 Å². The number of aromatic amines is 1. The summed E-state index contributed by atoms with van der Waals surface area (Å²) in [6.45, 7) is 1.85. The summed E-state index contributed by atoms with van der Waals surface area (Å²) in [5, 5.41) is 11.7. The van der Waals surface area contributed by atoms with Crippen LogP contribution < -0.4 is 5.32 Å². The van der Waals surface area contributed by atoms with Crippen LogP contribution in [0.5, 0.6) is 0 Å². The van der Waals surface area contributed by atoms with E-state index in [4.69, 9.17) is 12.2 Å². The summed E-state index contributed by atoms with van der Waals surface area (Å²) in [6.07, 6.45) is 0. The molecule has 1 aromatic carbocycles. The third-order valence-corrected chi connectivity index (χ3v) is 4.71. The van der Waals surface area contributed by atoms with Crippen LogP contribution in [0, 0.1) is 10.6 Å². The maximum atomic E-state index is 13.3. The molecule has 3 aromatic rings. The highest BCUT2D eigenvalue weighted by atomic mass is 32.1. The number of halogens is 1. The summed E-state index contributed by atoms with van der Waals surface area (Å²) in [6, 6.07) is 9.69. The molecule has 0 bridgehead atoms. The number of carbonyl (C=O) groups is 1. The minimum Gasteiger partial charge on any atom is -0.348 e. The quantitative estimate of drug-likeness (QED) is 0.681. The standard InChI is InChI=1S/C16H15FN4OS2/c1-10(11-4-2-5-12(17)8-11)18-14(22)9-21-15(19-20-16(21)23)13-6-3-7-24-13/h2-8,10H,9H2,1H3,(H,18,22)(H,20,23). The first-order valence-corrected chi connectivity index (χ1v) is 8.57. The lowest BCUT2D eigenvalue weighted by Gasteiger charge is -2.15. The third kappa shape index (κ3) is 3.60. The van der Waals surface area contributed by atoms with E-state index in [1.54, 1.807) is 16.7 Å². The molecule has 124 valence electrons. The summed E-state index contributed by atoms with van der Waals surface area (Å²) in [5.74, 6) is 0.0799. The smallest absolute Gasteiger partial charge is 0.240 e. The first-order valence-electron chi connectivity index (χ1n) is 7.28. The van der Waals surface area contributed by atoms with Crippen LogP contribution >= 0.6 is 23.6 Å². The molecule has 0 spiro atoms. The van der Waals surface area contributed by atoms with E-state index in [9.17, 15) is 9.18 Å². The van der Waals surface area contributed by atoms with Crippen LogP contribution in [-0.4, -0.2) is 20.7 Å². The van der Waals surface area contributed by atoms with E-state index in [2.05, 4.69) is 15.5 Å². The number of hydrogen-bond acceptors (Lipinski definition) is 4. The van der Waals surface area contributed by atoms with Crippen LogP contribution in [0.2, 0.25) is 0 Å². The second kappa shape index (κ2) is 7.06. The largest absolute Gasteiger partial charge is 0.348 e. The Labute approximate surface area is 147 Å². The van der Waals surface area contributed by atoms with Crippen LogP contribution in [0.1, 0.15) is 18.5 Å². The van der Waals surface area contributed by atoms with Crippen LogP contribution in [0.3, 0.4) is 0 Å². The molecule has 0 saturated heterocycles. The Bertz CT molecular complexity index is 901. The van der Waals surface area contributed by atoms with E-state index in [-0.39, 0.29) is 24.3 Å². The Morgan fingerprint density at radius 2 is 2.29 bits per heavy atom. The molecule has 3 rings (SSSR count). The summed E-state index contributed by atoms with van der Waals surface area (Å²) < 4.78 is 15.3. The number of carbonyl (C=O) groups excluding carboxylic acids is 1. The molecule has 0 aliphatic carbocycles. The predicted molar refractivity (Wildman–Crippen MR) is 93.7 cm³/mol. The van der Waals surface area contributed by atoms with Gasteiger partial charge in [0.15, 0.2) is 10.6 Å². The molecule has 0 saturated carbocycles. The average Bonchev–Trinajstić information content (AvgIpc) is 3.18. The molecule has 1 atom stereocenters. The highest BCUT2D eigenvalue weighted by Gasteiger charge is 2.15. The molecule has 2 N–H and O–H groups in total. The molecule has 5 nitrogen and oxygen atoms in total. The predicted octanol–water partition coefficient (Wildman–Crippen LogP) is 3.69. The fraction of sp³-hybridized carbons (Fsp3) is 0.188. The van der Waals surface area contributed by atoms with Crippen LogP contribution in [0.25, 0.3) is 10.7 Å². The van der Waals surface area contributed by atoms with Gasteiger partial charge in [0.2, 0.25) is 5.91 Å². The molecule has 0 fully saturated rings. The number of H-pyrrole nitrogens is 1. The van der Waals surface area contributed by atoms with E-state index in [1.165, 1.54) is 23.5 Å². The van der Waals surface area contributed by atoms with Crippen LogP contribution in [-0.2, 0) is 11.3 Å². The van der Waals surface area contributed by atoms with Crippen LogP contribution in [0.15, 0.2) is 41.8 Å². The molecule has 0 radical (unpaired) electrons. The van der Waals surface area contributed by atoms with Crippen molar-refractivity contribution in [1.82, 2.24) is 20.1 Å². The van der Waals surface area contributed by atoms with Crippen LogP contribution in [0.4, 0.5) is 4.39 Å². The first-order chi connectivity index (χ1) is 11.5. The maximum Gasteiger partial charge on any atom is 0.240 e. The van der Waals surface area contributed by atoms with Gasteiger partial charge < -0.3 is 5.32 Å². The Morgan fingerprint density at radius 3 is 3.00 bits per heavy atom. The number of aromatic nitrogens is 3. The summed E-state index contributed by atoms with van der Waals surface area (Å²) in [7, 11) is 0. The van der Waals surface area contributed by atoms with Crippen molar-refractivity contribution in [2.24, 2.45) is 0 Å². The van der Waals surface area contributed by atoms with Gasteiger partial charge in [0.05, 0.1) is 10.9 Å². The van der Waals surface area contributed by atoms with Gasteiger partial charge in [-0.05, 0) is 48.3 Å². The number of amides is 1. The van der Waals surface area contributed by atoms with Gasteiger partial charge in [-0.2, -0.15) is 5.10 Å². The number of nitrogens with one attached hydrogen (secondary N) is 2. The average molecular weight is 362 g/mol. The number of hydrogen-bond donors (Lipinski definition) is 2. The Morgan fingerprint density at radius 1 is 1.46 bits per heavy atom. The molecular formula is C16H15FN4OS2. The normalized spacial score (nSPS) is 12.1. The number of nitrogens with zero attached hydrogens (tertiary/aromatic N) is 2. The lowest BCUT2D eigenvalue weighted by molar-refractivity contribution is -0.122. The molecule has 0 aliphatic rings. The molecular weight excluding hydrogens is 347 g/mol. The second-order valence-corrected chi connectivity index (χ2v) is 6.59. The van der Waals surface area contributed by atoms with Gasteiger partial charge in [0.1, 0.15) is 12.4 Å². The zero-order chi connectivity index (χ0) is 17.1. The van der Waals surface area contributed by atoms with Crippen molar-refractivity contribution in [2.75, 3.05) is 0 Å². The Balaban J connectivity index is 1.74. The molecule has 1 amide bonds. The molecule has 1 unspecified atom stereocenters. The zero-order valence-electron chi connectivity index (χ0n) is 12.8. The topological polar surface area (TPSA) is 62.7 Å². The fourth-order valence-corrected chi connectivity index (χ4v) is 3.27. The van der Waals surface area contributed by atoms with Crippen molar-refractivity contribution >= 4 is 29.5 Å². The molecule has 0 aliphatic heterocycles. The van der Waals surface area contributed by atoms with E-state index in [0.717, 1.165) is 4.88 Å². The first kappa shape index (κ1) is 16.5. The SMILES string of the molecule is CC(NC(=O)Cn1c(-c2cccs2)n[nH]c1=S)c1cccc(F)c1. The van der Waals surface area contributed by atoms with Crippen molar-refractivity contribution in [1.29, 1.82) is 0 Å². The van der Waals surface area contributed by atoms with Crippen molar-refractivity contribution in [2.45, 2.75) is 19.5 Å². The lowest BCUT2D eigenvalue weighted by atomic mass is 10.1. The van der Waals surface area contributed by atoms with Crippen molar-refractivity contribution in [3.05, 3.63) is 57.9 Å². The minimum atomic E-state index is -0.328. The third-order valence-electron chi connectivity index (χ3n) is 3.53. The van der Waals surface area contributed by atoms with Gasteiger partial charge in [-0.1, -0.05) is 18.2 Å². The molecule has 2 aromatic heterocycles. The van der Waals surface area contributed by atoms with E-state index in [1.807, 2.05) is 24.4 Å². The summed E-state index contributed by atoms with van der Waals surface area (Å²) >= 11 is 6.73. The highest BCUT2D eigenvalue weighted by molar-refractivity contribution is 7.71. The van der Waals surface area contributed by atoms with Crippen molar-refractivity contribution in [3.8, 4) is 10.7 Å². The second-order valence-electron chi connectivity index (χ2n) is 5.26. The van der Waals surface area contributed by atoms with Gasteiger partial charge in [0.25, 0.3) is 0 Å². The summed E-state index contributed by atoms with van der Waals surface area (Å²) in [5.41, 5.74) is 0.706. The van der Waals surface area contributed by atoms with Crippen molar-refractivity contribution < 1.29 is 9.18 Å². The fourth-order valence-electron chi connectivity index (χ4n) is 2.35.